The molecule has 0 atom stereocenters. The topological polar surface area (TPSA) is 52.6 Å². The maximum Gasteiger partial charge on any atom is 0.236 e. The van der Waals surface area contributed by atoms with E-state index < -0.39 is 0 Å². The largest absolute Gasteiger partial charge is 0.508 e. The standard InChI is InChI=1S/C17H22N2O2/c1-3-19(4-2)17(21)12-18-11-15-14-8-6-5-7-13(14)9-10-16(15)20/h5-10,18,20H,3-4,11-12H2,1-2H3. The van der Waals surface area contributed by atoms with E-state index in [1.54, 1.807) is 11.0 Å². The van der Waals surface area contributed by atoms with Crippen LogP contribution in [0.3, 0.4) is 0 Å². The van der Waals surface area contributed by atoms with Crippen LogP contribution in [0.25, 0.3) is 10.8 Å². The molecule has 4 heteroatoms. The zero-order valence-corrected chi connectivity index (χ0v) is 12.6. The van der Waals surface area contributed by atoms with Crippen molar-refractivity contribution in [2.24, 2.45) is 0 Å². The number of aromatic hydroxyl groups is 1. The van der Waals surface area contributed by atoms with Gasteiger partial charge in [0.1, 0.15) is 5.75 Å². The third-order valence-electron chi connectivity index (χ3n) is 3.71. The summed E-state index contributed by atoms with van der Waals surface area (Å²) in [7, 11) is 0. The van der Waals surface area contributed by atoms with Crippen LogP contribution in [0.2, 0.25) is 0 Å². The zero-order valence-electron chi connectivity index (χ0n) is 12.6. The van der Waals surface area contributed by atoms with Crippen LogP contribution < -0.4 is 5.32 Å². The Balaban J connectivity index is 2.07. The lowest BCUT2D eigenvalue weighted by Crippen LogP contribution is -2.37. The summed E-state index contributed by atoms with van der Waals surface area (Å²) in [6.07, 6.45) is 0. The molecule has 0 aliphatic carbocycles. The van der Waals surface area contributed by atoms with Gasteiger partial charge in [-0.05, 0) is 30.7 Å². The molecule has 0 fully saturated rings. The summed E-state index contributed by atoms with van der Waals surface area (Å²) in [5, 5.41) is 15.3. The van der Waals surface area contributed by atoms with Gasteiger partial charge < -0.3 is 15.3 Å². The number of hydrogen-bond donors (Lipinski definition) is 2. The van der Waals surface area contributed by atoms with E-state index in [4.69, 9.17) is 0 Å². The number of benzene rings is 2. The molecule has 2 aromatic carbocycles. The van der Waals surface area contributed by atoms with Gasteiger partial charge in [0.15, 0.2) is 0 Å². The minimum absolute atomic E-state index is 0.0831. The Labute approximate surface area is 125 Å². The zero-order chi connectivity index (χ0) is 15.2. The van der Waals surface area contributed by atoms with Crippen LogP contribution in [0.5, 0.6) is 5.75 Å². The molecule has 2 N–H and O–H groups in total. The molecular formula is C17H22N2O2. The summed E-state index contributed by atoms with van der Waals surface area (Å²) < 4.78 is 0. The number of carbonyl (C=O) groups excluding carboxylic acids is 1. The molecule has 0 saturated carbocycles. The van der Waals surface area contributed by atoms with Crippen LogP contribution >= 0.6 is 0 Å². The second-order valence-corrected chi connectivity index (χ2v) is 4.95. The van der Waals surface area contributed by atoms with E-state index in [-0.39, 0.29) is 18.2 Å². The predicted molar refractivity (Wildman–Crippen MR) is 85.2 cm³/mol. The first-order valence-corrected chi connectivity index (χ1v) is 7.35. The number of rotatable bonds is 6. The fraction of sp³-hybridized carbons (Fsp3) is 0.353. The summed E-state index contributed by atoms with van der Waals surface area (Å²) in [4.78, 5) is 13.7. The second kappa shape index (κ2) is 7.09. The van der Waals surface area contributed by atoms with Gasteiger partial charge in [0.05, 0.1) is 6.54 Å². The average Bonchev–Trinajstić information content (AvgIpc) is 2.50. The summed E-state index contributed by atoms with van der Waals surface area (Å²) in [5.74, 6) is 0.344. The van der Waals surface area contributed by atoms with Crippen LogP contribution in [0, 0.1) is 0 Å². The fourth-order valence-corrected chi connectivity index (χ4v) is 2.49. The number of fused-ring (bicyclic) bond motifs is 1. The maximum absolute atomic E-state index is 11.9. The van der Waals surface area contributed by atoms with Crippen molar-refractivity contribution in [2.75, 3.05) is 19.6 Å². The molecule has 0 unspecified atom stereocenters. The van der Waals surface area contributed by atoms with E-state index in [1.165, 1.54) is 0 Å². The monoisotopic (exact) mass is 286 g/mol. The number of hydrogen-bond acceptors (Lipinski definition) is 3. The molecule has 4 nitrogen and oxygen atoms in total. The molecule has 0 aliphatic rings. The molecule has 0 aromatic heterocycles. The Morgan fingerprint density at radius 1 is 1.14 bits per heavy atom. The molecular weight excluding hydrogens is 264 g/mol. The number of phenols is 1. The van der Waals surface area contributed by atoms with Crippen LogP contribution in [0.4, 0.5) is 0 Å². The Morgan fingerprint density at radius 2 is 1.86 bits per heavy atom. The van der Waals surface area contributed by atoms with E-state index in [0.29, 0.717) is 6.54 Å². The normalized spacial score (nSPS) is 10.8. The van der Waals surface area contributed by atoms with Gasteiger partial charge in [-0.1, -0.05) is 30.3 Å². The predicted octanol–water partition coefficient (Wildman–Crippen LogP) is 2.50. The van der Waals surface area contributed by atoms with Crippen molar-refractivity contribution in [3.8, 4) is 5.75 Å². The highest BCUT2D eigenvalue weighted by Crippen LogP contribution is 2.26. The van der Waals surface area contributed by atoms with Gasteiger partial charge in [-0.2, -0.15) is 0 Å². The van der Waals surface area contributed by atoms with Crippen molar-refractivity contribution in [1.29, 1.82) is 0 Å². The van der Waals surface area contributed by atoms with Gasteiger partial charge in [-0.3, -0.25) is 4.79 Å². The van der Waals surface area contributed by atoms with Crippen molar-refractivity contribution < 1.29 is 9.90 Å². The van der Waals surface area contributed by atoms with Crippen molar-refractivity contribution in [3.05, 3.63) is 42.0 Å². The van der Waals surface area contributed by atoms with Crippen molar-refractivity contribution in [1.82, 2.24) is 10.2 Å². The number of amides is 1. The SMILES string of the molecule is CCN(CC)C(=O)CNCc1c(O)ccc2ccccc12. The van der Waals surface area contributed by atoms with E-state index in [2.05, 4.69) is 5.32 Å². The Bertz CT molecular complexity index is 621. The number of nitrogens with zero attached hydrogens (tertiary/aromatic N) is 1. The number of carbonyl (C=O) groups is 1. The van der Waals surface area contributed by atoms with Crippen molar-refractivity contribution >= 4 is 16.7 Å². The minimum atomic E-state index is 0.0831. The third-order valence-corrected chi connectivity index (χ3v) is 3.71. The van der Waals surface area contributed by atoms with Crippen LogP contribution in [-0.4, -0.2) is 35.5 Å². The van der Waals surface area contributed by atoms with Crippen LogP contribution in [0.15, 0.2) is 36.4 Å². The lowest BCUT2D eigenvalue weighted by atomic mass is 10.0. The second-order valence-electron chi connectivity index (χ2n) is 4.95. The average molecular weight is 286 g/mol. The minimum Gasteiger partial charge on any atom is -0.508 e. The summed E-state index contributed by atoms with van der Waals surface area (Å²) >= 11 is 0. The van der Waals surface area contributed by atoms with Gasteiger partial charge in [0.25, 0.3) is 0 Å². The van der Waals surface area contributed by atoms with E-state index in [0.717, 1.165) is 29.4 Å². The number of nitrogens with one attached hydrogen (secondary N) is 1. The third kappa shape index (κ3) is 3.52. The molecule has 0 bridgehead atoms. The maximum atomic E-state index is 11.9. The molecule has 112 valence electrons. The van der Waals surface area contributed by atoms with E-state index in [1.807, 2.05) is 44.2 Å². The first-order chi connectivity index (χ1) is 10.2. The molecule has 0 spiro atoms. The molecule has 1 amide bonds. The van der Waals surface area contributed by atoms with Crippen molar-refractivity contribution in [2.45, 2.75) is 20.4 Å². The lowest BCUT2D eigenvalue weighted by Gasteiger charge is -2.19. The molecule has 0 saturated heterocycles. The fourth-order valence-electron chi connectivity index (χ4n) is 2.49. The quantitative estimate of drug-likeness (QED) is 0.858. The first kappa shape index (κ1) is 15.3. The molecule has 0 radical (unpaired) electrons. The summed E-state index contributed by atoms with van der Waals surface area (Å²) in [5.41, 5.74) is 0.834. The molecule has 21 heavy (non-hydrogen) atoms. The van der Waals surface area contributed by atoms with Gasteiger partial charge in [0.2, 0.25) is 5.91 Å². The van der Waals surface area contributed by atoms with Crippen molar-refractivity contribution in [3.63, 3.8) is 0 Å². The lowest BCUT2D eigenvalue weighted by molar-refractivity contribution is -0.129. The van der Waals surface area contributed by atoms with Crippen LogP contribution in [-0.2, 0) is 11.3 Å². The number of likely N-dealkylation sites (N-methyl/N-ethyl adjacent to an activating group) is 1. The highest BCUT2D eigenvalue weighted by atomic mass is 16.3. The van der Waals surface area contributed by atoms with Crippen LogP contribution in [0.1, 0.15) is 19.4 Å². The van der Waals surface area contributed by atoms with E-state index >= 15 is 0 Å². The molecule has 2 rings (SSSR count). The highest BCUT2D eigenvalue weighted by molar-refractivity contribution is 5.87. The molecule has 0 aliphatic heterocycles. The summed E-state index contributed by atoms with van der Waals surface area (Å²) in [6, 6.07) is 11.5. The summed E-state index contributed by atoms with van der Waals surface area (Å²) in [6.45, 7) is 6.13. The Hall–Kier alpha value is -2.07. The van der Waals surface area contributed by atoms with Gasteiger partial charge in [-0.15, -0.1) is 0 Å². The molecule has 0 heterocycles. The highest BCUT2D eigenvalue weighted by Gasteiger charge is 2.10. The first-order valence-electron chi connectivity index (χ1n) is 7.35. The smallest absolute Gasteiger partial charge is 0.236 e. The Kier molecular flexibility index (Phi) is 5.17. The Morgan fingerprint density at radius 3 is 2.57 bits per heavy atom. The van der Waals surface area contributed by atoms with E-state index in [9.17, 15) is 9.90 Å². The number of phenolic OH excluding ortho intramolecular Hbond substituents is 1. The molecule has 2 aromatic rings. The van der Waals surface area contributed by atoms with Gasteiger partial charge in [0, 0.05) is 25.2 Å². The van der Waals surface area contributed by atoms with Gasteiger partial charge in [-0.25, -0.2) is 0 Å². The van der Waals surface area contributed by atoms with Gasteiger partial charge >= 0.3 is 0 Å².